The number of pyridine rings is 3. The third-order valence-corrected chi connectivity index (χ3v) is 8.82. The highest BCUT2D eigenvalue weighted by atomic mass is 32.2. The Morgan fingerprint density at radius 3 is 2.27 bits per heavy atom. The number of imidazole rings is 1. The zero-order valence-electron chi connectivity index (χ0n) is 22.2. The van der Waals surface area contributed by atoms with Crippen LogP contribution in [0.2, 0.25) is 0 Å². The van der Waals surface area contributed by atoms with Crippen molar-refractivity contribution in [2.75, 3.05) is 5.75 Å². The van der Waals surface area contributed by atoms with Gasteiger partial charge in [0.1, 0.15) is 4.90 Å². The van der Waals surface area contributed by atoms with Crippen molar-refractivity contribution in [3.05, 3.63) is 54.1 Å². The lowest BCUT2D eigenvalue weighted by Crippen LogP contribution is -2.37. The van der Waals surface area contributed by atoms with E-state index in [4.69, 9.17) is 0 Å². The number of rotatable bonds is 7. The summed E-state index contributed by atoms with van der Waals surface area (Å²) in [4.78, 5) is 13.1. The fourth-order valence-corrected chi connectivity index (χ4v) is 5.67. The van der Waals surface area contributed by atoms with Crippen molar-refractivity contribution in [3.63, 3.8) is 0 Å². The van der Waals surface area contributed by atoms with E-state index in [0.29, 0.717) is 23.1 Å². The average molecular weight is 581 g/mol. The van der Waals surface area contributed by atoms with E-state index < -0.39 is 33.5 Å². The molecule has 0 amide bonds. The SMILES string of the molecule is CCS(=O)(=O)c1cc(-c2ccc(C3CC3)nc2)cnc1-c1nc2cc(C(F)(F)C(F)(F)F)cn(C(C)C)c-2[n+]1C. The molecule has 0 bridgehead atoms. The molecule has 0 unspecified atom stereocenters. The normalized spacial score (nSPS) is 14.8. The van der Waals surface area contributed by atoms with Crippen LogP contribution in [-0.2, 0) is 22.8 Å². The fraction of sp³-hybridized carbons (Fsp3) is 0.407. The van der Waals surface area contributed by atoms with E-state index >= 15 is 0 Å². The highest BCUT2D eigenvalue weighted by molar-refractivity contribution is 7.91. The van der Waals surface area contributed by atoms with Gasteiger partial charge in [-0.15, -0.1) is 0 Å². The van der Waals surface area contributed by atoms with E-state index in [1.54, 1.807) is 20.0 Å². The molecular formula is C27H27F5N5O2S+. The Kier molecular flexibility index (Phi) is 6.71. The van der Waals surface area contributed by atoms with Crippen LogP contribution in [-0.4, -0.2) is 39.9 Å². The van der Waals surface area contributed by atoms with Crippen LogP contribution in [0.4, 0.5) is 22.0 Å². The molecule has 0 radical (unpaired) electrons. The molecule has 1 fully saturated rings. The molecule has 2 aromatic rings. The van der Waals surface area contributed by atoms with Crippen LogP contribution < -0.4 is 4.57 Å². The number of aromatic nitrogens is 5. The molecular weight excluding hydrogens is 553 g/mol. The lowest BCUT2D eigenvalue weighted by Gasteiger charge is -2.21. The molecule has 13 heteroatoms. The zero-order valence-corrected chi connectivity index (χ0v) is 23.0. The van der Waals surface area contributed by atoms with Crippen LogP contribution in [0.3, 0.4) is 0 Å². The van der Waals surface area contributed by atoms with Gasteiger partial charge in [0.2, 0.25) is 5.69 Å². The summed E-state index contributed by atoms with van der Waals surface area (Å²) in [5.74, 6) is -4.67. The number of hydrogen-bond donors (Lipinski definition) is 0. The Bertz CT molecular complexity index is 1660. The highest BCUT2D eigenvalue weighted by Gasteiger charge is 2.60. The highest BCUT2D eigenvalue weighted by Crippen LogP contribution is 2.45. The smallest absolute Gasteiger partial charge is 0.261 e. The lowest BCUT2D eigenvalue weighted by atomic mass is 10.1. The maximum Gasteiger partial charge on any atom is 0.458 e. The first-order valence-corrected chi connectivity index (χ1v) is 14.4. The van der Waals surface area contributed by atoms with E-state index in [2.05, 4.69) is 15.0 Å². The maximum absolute atomic E-state index is 14.3. The first-order chi connectivity index (χ1) is 18.7. The molecule has 4 heterocycles. The molecule has 0 atom stereocenters. The molecule has 0 saturated heterocycles. The molecule has 1 aliphatic carbocycles. The number of sulfone groups is 1. The Labute approximate surface area is 228 Å². The summed E-state index contributed by atoms with van der Waals surface area (Å²) in [6.07, 6.45) is 0.257. The minimum atomic E-state index is -5.81. The molecule has 5 rings (SSSR count). The van der Waals surface area contributed by atoms with Crippen molar-refractivity contribution in [1.29, 1.82) is 0 Å². The van der Waals surface area contributed by atoms with E-state index in [0.717, 1.165) is 24.7 Å². The Balaban J connectivity index is 1.70. The zero-order chi connectivity index (χ0) is 29.2. The molecule has 3 aliphatic rings. The first kappa shape index (κ1) is 28.1. The number of halogens is 5. The van der Waals surface area contributed by atoms with Crippen LogP contribution in [0.1, 0.15) is 56.8 Å². The van der Waals surface area contributed by atoms with E-state index in [1.165, 1.54) is 35.4 Å². The van der Waals surface area contributed by atoms with E-state index in [-0.39, 0.29) is 33.7 Å². The summed E-state index contributed by atoms with van der Waals surface area (Å²) in [5.41, 5.74) is 0.692. The molecule has 2 aliphatic heterocycles. The lowest BCUT2D eigenvalue weighted by molar-refractivity contribution is -0.651. The standard InChI is InChI=1S/C27H27F5N5O2S/c1-5-40(38,39)22-10-18(17-8-9-20(33-12-17)16-6-7-16)13-34-23(22)24-35-21-11-19(26(28,29)27(30,31)32)14-37(15(2)3)25(21)36(24)4/h8-16H,5-7H2,1-4H3/q+1. The van der Waals surface area contributed by atoms with Gasteiger partial charge in [-0.3, -0.25) is 9.55 Å². The molecule has 212 valence electrons. The third-order valence-electron chi connectivity index (χ3n) is 7.08. The quantitative estimate of drug-likeness (QED) is 0.203. The molecule has 0 spiro atoms. The molecule has 0 N–H and O–H groups in total. The van der Waals surface area contributed by atoms with Gasteiger partial charge in [-0.05, 0) is 38.8 Å². The van der Waals surface area contributed by atoms with Crippen LogP contribution >= 0.6 is 0 Å². The van der Waals surface area contributed by atoms with Gasteiger partial charge in [0.05, 0.1) is 30.6 Å². The van der Waals surface area contributed by atoms with Crippen molar-refractivity contribution in [3.8, 4) is 34.2 Å². The molecule has 0 aromatic carbocycles. The topological polar surface area (TPSA) is 81.6 Å². The van der Waals surface area contributed by atoms with Gasteiger partial charge in [-0.25, -0.2) is 18.0 Å². The van der Waals surface area contributed by atoms with Gasteiger partial charge >= 0.3 is 12.1 Å². The predicted molar refractivity (Wildman–Crippen MR) is 137 cm³/mol. The molecule has 7 nitrogen and oxygen atoms in total. The summed E-state index contributed by atoms with van der Waals surface area (Å²) in [6, 6.07) is 5.38. The largest absolute Gasteiger partial charge is 0.458 e. The van der Waals surface area contributed by atoms with Gasteiger partial charge in [0.25, 0.3) is 11.6 Å². The molecule has 2 aromatic heterocycles. The molecule has 40 heavy (non-hydrogen) atoms. The number of alkyl halides is 5. The summed E-state index contributed by atoms with van der Waals surface area (Å²) in [7, 11) is -2.33. The second-order valence-corrected chi connectivity index (χ2v) is 12.5. The maximum atomic E-state index is 14.3. The van der Waals surface area contributed by atoms with E-state index in [9.17, 15) is 30.4 Å². The van der Waals surface area contributed by atoms with Gasteiger partial charge in [0.15, 0.2) is 15.5 Å². The Morgan fingerprint density at radius 2 is 1.73 bits per heavy atom. The van der Waals surface area contributed by atoms with Gasteiger partial charge in [0, 0.05) is 41.2 Å². The summed E-state index contributed by atoms with van der Waals surface area (Å²) >= 11 is 0. The van der Waals surface area contributed by atoms with E-state index in [1.807, 2.05) is 12.1 Å². The van der Waals surface area contributed by atoms with Crippen molar-refractivity contribution < 1.29 is 34.9 Å². The van der Waals surface area contributed by atoms with Crippen molar-refractivity contribution in [2.24, 2.45) is 7.05 Å². The number of nitrogens with zero attached hydrogens (tertiary/aromatic N) is 5. The number of hydrogen-bond acceptors (Lipinski definition) is 5. The Morgan fingerprint density at radius 1 is 1.05 bits per heavy atom. The van der Waals surface area contributed by atoms with Crippen molar-refractivity contribution in [1.82, 2.24) is 19.5 Å². The van der Waals surface area contributed by atoms with Crippen LogP contribution in [0.25, 0.3) is 34.2 Å². The summed E-state index contributed by atoms with van der Waals surface area (Å²) in [5, 5.41) is 0. The minimum Gasteiger partial charge on any atom is -0.261 e. The molecule has 1 saturated carbocycles. The van der Waals surface area contributed by atoms with Crippen molar-refractivity contribution in [2.45, 2.75) is 62.6 Å². The summed E-state index contributed by atoms with van der Waals surface area (Å²) in [6.45, 7) is 4.74. The first-order valence-electron chi connectivity index (χ1n) is 12.7. The van der Waals surface area contributed by atoms with Crippen LogP contribution in [0, 0.1) is 0 Å². The van der Waals surface area contributed by atoms with Crippen molar-refractivity contribution >= 4 is 9.84 Å². The minimum absolute atomic E-state index is 0.0117. The second-order valence-electron chi connectivity index (χ2n) is 10.2. The third kappa shape index (κ3) is 4.73. The van der Waals surface area contributed by atoms with Gasteiger partial charge in [-0.2, -0.15) is 22.0 Å². The second kappa shape index (κ2) is 9.57. The number of fused-ring (bicyclic) bond motifs is 1. The predicted octanol–water partition coefficient (Wildman–Crippen LogP) is 5.84. The fourth-order valence-electron chi connectivity index (χ4n) is 4.61. The monoisotopic (exact) mass is 580 g/mol. The average Bonchev–Trinajstić information content (AvgIpc) is 3.70. The van der Waals surface area contributed by atoms with Gasteiger partial charge < -0.3 is 0 Å². The van der Waals surface area contributed by atoms with Gasteiger partial charge in [-0.1, -0.05) is 18.0 Å². The summed E-state index contributed by atoms with van der Waals surface area (Å²) < 4.78 is 97.4. The van der Waals surface area contributed by atoms with Crippen LogP contribution in [0.15, 0.2) is 47.8 Å². The van der Waals surface area contributed by atoms with Crippen LogP contribution in [0.5, 0.6) is 0 Å². The Hall–Kier alpha value is -3.48.